The Hall–Kier alpha value is -1.42. The summed E-state index contributed by atoms with van der Waals surface area (Å²) in [7, 11) is 1.75. The van der Waals surface area contributed by atoms with Gasteiger partial charge in [0.25, 0.3) is 0 Å². The van der Waals surface area contributed by atoms with Crippen molar-refractivity contribution in [2.45, 2.75) is 57.1 Å². The number of carbonyl (C=O) groups excluding carboxylic acids is 1. The van der Waals surface area contributed by atoms with Crippen LogP contribution in [0.3, 0.4) is 0 Å². The summed E-state index contributed by atoms with van der Waals surface area (Å²) in [5.41, 5.74) is 0.985. The predicted octanol–water partition coefficient (Wildman–Crippen LogP) is 4.08. The molecule has 1 saturated heterocycles. The molecule has 1 aromatic carbocycles. The molecule has 23 heavy (non-hydrogen) atoms. The van der Waals surface area contributed by atoms with Crippen molar-refractivity contribution < 1.29 is 13.9 Å². The molecule has 1 aliphatic carbocycles. The lowest BCUT2D eigenvalue weighted by molar-refractivity contribution is -0.134. The molecule has 0 radical (unpaired) electrons. The quantitative estimate of drug-likeness (QED) is 0.818. The van der Waals surface area contributed by atoms with Gasteiger partial charge in [-0.1, -0.05) is 31.4 Å². The molecular formula is C19H26FNO2. The Morgan fingerprint density at radius 2 is 1.83 bits per heavy atom. The molecule has 3 rings (SSSR count). The van der Waals surface area contributed by atoms with Gasteiger partial charge in [0.2, 0.25) is 5.91 Å². The molecule has 1 unspecified atom stereocenters. The second kappa shape index (κ2) is 7.43. The summed E-state index contributed by atoms with van der Waals surface area (Å²) in [6, 6.07) is 6.48. The second-order valence-corrected chi connectivity index (χ2v) is 6.79. The highest BCUT2D eigenvalue weighted by atomic mass is 19.1. The zero-order chi connectivity index (χ0) is 16.2. The van der Waals surface area contributed by atoms with Gasteiger partial charge in [0.1, 0.15) is 5.82 Å². The number of hydrogen-bond donors (Lipinski definition) is 0. The highest BCUT2D eigenvalue weighted by molar-refractivity contribution is 5.78. The van der Waals surface area contributed by atoms with Crippen LogP contribution in [-0.2, 0) is 9.53 Å². The number of benzene rings is 1. The molecule has 0 aromatic heterocycles. The molecule has 1 aliphatic heterocycles. The molecule has 2 aliphatic rings. The topological polar surface area (TPSA) is 29.5 Å². The van der Waals surface area contributed by atoms with Crippen LogP contribution in [0.25, 0.3) is 0 Å². The highest BCUT2D eigenvalue weighted by Crippen LogP contribution is 2.38. The maximum Gasteiger partial charge on any atom is 0.223 e. The first kappa shape index (κ1) is 16.4. The van der Waals surface area contributed by atoms with Gasteiger partial charge in [-0.05, 0) is 42.9 Å². The van der Waals surface area contributed by atoms with E-state index >= 15 is 0 Å². The lowest BCUT2D eigenvalue weighted by Crippen LogP contribution is -2.42. The fourth-order valence-corrected chi connectivity index (χ4v) is 4.21. The van der Waals surface area contributed by atoms with Crippen molar-refractivity contribution in [1.29, 1.82) is 0 Å². The SMILES string of the molecule is CO[C@@H](C1CCCCC1)C(c1ccc(F)cc1)N1CCCC1=O. The van der Waals surface area contributed by atoms with Crippen molar-refractivity contribution in [3.8, 4) is 0 Å². The lowest BCUT2D eigenvalue weighted by atomic mass is 9.80. The Bertz CT molecular complexity index is 525. The number of halogens is 1. The van der Waals surface area contributed by atoms with Crippen molar-refractivity contribution in [1.82, 2.24) is 4.90 Å². The third-order valence-corrected chi connectivity index (χ3v) is 5.36. The smallest absolute Gasteiger partial charge is 0.223 e. The predicted molar refractivity (Wildman–Crippen MR) is 87.5 cm³/mol. The first-order valence-corrected chi connectivity index (χ1v) is 8.78. The van der Waals surface area contributed by atoms with E-state index in [0.29, 0.717) is 12.3 Å². The summed E-state index contributed by atoms with van der Waals surface area (Å²) in [6.07, 6.45) is 7.55. The van der Waals surface area contributed by atoms with E-state index in [4.69, 9.17) is 4.74 Å². The molecule has 0 N–H and O–H groups in total. The van der Waals surface area contributed by atoms with E-state index in [9.17, 15) is 9.18 Å². The molecule has 4 heteroatoms. The number of nitrogens with zero attached hydrogens (tertiary/aromatic N) is 1. The molecule has 1 heterocycles. The molecule has 2 fully saturated rings. The Morgan fingerprint density at radius 3 is 2.39 bits per heavy atom. The van der Waals surface area contributed by atoms with Crippen molar-refractivity contribution in [3.63, 3.8) is 0 Å². The second-order valence-electron chi connectivity index (χ2n) is 6.79. The molecule has 1 aromatic rings. The Kier molecular flexibility index (Phi) is 5.31. The van der Waals surface area contributed by atoms with Crippen molar-refractivity contribution in [2.75, 3.05) is 13.7 Å². The number of amides is 1. The van der Waals surface area contributed by atoms with Crippen LogP contribution in [-0.4, -0.2) is 30.6 Å². The molecule has 0 bridgehead atoms. The first-order chi connectivity index (χ1) is 11.2. The van der Waals surface area contributed by atoms with Gasteiger partial charge in [0.15, 0.2) is 0 Å². The average molecular weight is 319 g/mol. The van der Waals surface area contributed by atoms with Crippen molar-refractivity contribution in [3.05, 3.63) is 35.6 Å². The third-order valence-electron chi connectivity index (χ3n) is 5.36. The molecule has 1 saturated carbocycles. The molecule has 1 amide bonds. The number of ether oxygens (including phenoxy) is 1. The van der Waals surface area contributed by atoms with Crippen LogP contribution in [0.5, 0.6) is 0 Å². The minimum atomic E-state index is -0.244. The van der Waals surface area contributed by atoms with E-state index in [0.717, 1.165) is 31.4 Å². The number of methoxy groups -OCH3 is 1. The van der Waals surface area contributed by atoms with Crippen LogP contribution in [0.4, 0.5) is 4.39 Å². The summed E-state index contributed by atoms with van der Waals surface area (Å²) in [6.45, 7) is 0.771. The summed E-state index contributed by atoms with van der Waals surface area (Å²) in [5, 5.41) is 0. The molecule has 126 valence electrons. The lowest BCUT2D eigenvalue weighted by Gasteiger charge is -2.39. The third kappa shape index (κ3) is 3.57. The fourth-order valence-electron chi connectivity index (χ4n) is 4.21. The molecule has 3 nitrogen and oxygen atoms in total. The Labute approximate surface area is 137 Å². The van der Waals surface area contributed by atoms with Gasteiger partial charge in [-0.2, -0.15) is 0 Å². The van der Waals surface area contributed by atoms with Crippen LogP contribution in [0.1, 0.15) is 56.6 Å². The summed E-state index contributed by atoms with van der Waals surface area (Å²) >= 11 is 0. The van der Waals surface area contributed by atoms with Gasteiger partial charge in [-0.15, -0.1) is 0 Å². The van der Waals surface area contributed by atoms with Crippen LogP contribution in [0.2, 0.25) is 0 Å². The standard InChI is InChI=1S/C19H26FNO2/c1-23-19(15-6-3-2-4-7-15)18(21-13-5-8-17(21)22)14-9-11-16(20)12-10-14/h9-12,15,18-19H,2-8,13H2,1H3/t18?,19-/m0/s1. The van der Waals surface area contributed by atoms with Gasteiger partial charge < -0.3 is 9.64 Å². The monoisotopic (exact) mass is 319 g/mol. The summed E-state index contributed by atoms with van der Waals surface area (Å²) < 4.78 is 19.2. The van der Waals surface area contributed by atoms with Gasteiger partial charge in [0.05, 0.1) is 12.1 Å². The maximum atomic E-state index is 13.3. The fraction of sp³-hybridized carbons (Fsp3) is 0.632. The van der Waals surface area contributed by atoms with Gasteiger partial charge >= 0.3 is 0 Å². The number of hydrogen-bond acceptors (Lipinski definition) is 2. The van der Waals surface area contributed by atoms with E-state index in [2.05, 4.69) is 0 Å². The number of carbonyl (C=O) groups is 1. The number of rotatable bonds is 5. The molecular weight excluding hydrogens is 293 g/mol. The maximum absolute atomic E-state index is 13.3. The van der Waals surface area contributed by atoms with Crippen LogP contribution in [0.15, 0.2) is 24.3 Å². The van der Waals surface area contributed by atoms with Crippen LogP contribution < -0.4 is 0 Å². The average Bonchev–Trinajstić information content (AvgIpc) is 3.00. The molecule has 2 atom stereocenters. The first-order valence-electron chi connectivity index (χ1n) is 8.78. The Balaban J connectivity index is 1.92. The highest BCUT2D eigenvalue weighted by Gasteiger charge is 2.38. The van der Waals surface area contributed by atoms with E-state index in [1.165, 1.54) is 31.4 Å². The van der Waals surface area contributed by atoms with Crippen molar-refractivity contribution in [2.24, 2.45) is 5.92 Å². The molecule has 0 spiro atoms. The zero-order valence-electron chi connectivity index (χ0n) is 13.8. The Morgan fingerprint density at radius 1 is 1.13 bits per heavy atom. The summed E-state index contributed by atoms with van der Waals surface area (Å²) in [4.78, 5) is 14.3. The van der Waals surface area contributed by atoms with Crippen LogP contribution >= 0.6 is 0 Å². The summed E-state index contributed by atoms with van der Waals surface area (Å²) in [5.74, 6) is 0.418. The van der Waals surface area contributed by atoms with E-state index < -0.39 is 0 Å². The minimum Gasteiger partial charge on any atom is -0.379 e. The largest absolute Gasteiger partial charge is 0.379 e. The van der Waals surface area contributed by atoms with Gasteiger partial charge in [-0.3, -0.25) is 4.79 Å². The number of likely N-dealkylation sites (tertiary alicyclic amines) is 1. The van der Waals surface area contributed by atoms with Gasteiger partial charge in [0, 0.05) is 20.1 Å². The van der Waals surface area contributed by atoms with E-state index in [1.807, 2.05) is 4.90 Å². The minimum absolute atomic E-state index is 0.0113. The van der Waals surface area contributed by atoms with Crippen LogP contribution in [0, 0.1) is 11.7 Å². The van der Waals surface area contributed by atoms with E-state index in [-0.39, 0.29) is 23.9 Å². The normalized spacial score (nSPS) is 22.3. The zero-order valence-corrected chi connectivity index (χ0v) is 13.8. The van der Waals surface area contributed by atoms with E-state index in [1.54, 1.807) is 19.2 Å². The van der Waals surface area contributed by atoms with Gasteiger partial charge in [-0.25, -0.2) is 4.39 Å². The van der Waals surface area contributed by atoms with Crippen molar-refractivity contribution >= 4 is 5.91 Å².